The predicted molar refractivity (Wildman–Crippen MR) is 71.9 cm³/mol. The highest BCUT2D eigenvalue weighted by Crippen LogP contribution is 2.37. The van der Waals surface area contributed by atoms with E-state index in [1.54, 1.807) is 6.07 Å². The summed E-state index contributed by atoms with van der Waals surface area (Å²) in [6.45, 7) is 0.867. The molecule has 0 unspecified atom stereocenters. The average Bonchev–Trinajstić information content (AvgIpc) is 3.08. The zero-order valence-corrected chi connectivity index (χ0v) is 10.5. The number of aromatic amines is 1. The van der Waals surface area contributed by atoms with E-state index in [9.17, 15) is 4.79 Å². The molecule has 0 saturated heterocycles. The largest absolute Gasteiger partial charge is 0.370 e. The van der Waals surface area contributed by atoms with Gasteiger partial charge >= 0.3 is 0 Å². The smallest absolute Gasteiger partial charge is 0.252 e. The van der Waals surface area contributed by atoms with Crippen molar-refractivity contribution in [3.63, 3.8) is 0 Å². The van der Waals surface area contributed by atoms with Crippen LogP contribution in [0.25, 0.3) is 0 Å². The van der Waals surface area contributed by atoms with Crippen molar-refractivity contribution in [2.24, 2.45) is 0 Å². The highest BCUT2D eigenvalue weighted by atomic mass is 16.1. The Morgan fingerprint density at radius 3 is 3.06 bits per heavy atom. The summed E-state index contributed by atoms with van der Waals surface area (Å²) in [5.74, 6) is 2.06. The first kappa shape index (κ1) is 11.5. The zero-order valence-electron chi connectivity index (χ0n) is 10.5. The minimum Gasteiger partial charge on any atom is -0.370 e. The molecule has 4 nitrogen and oxygen atoms in total. The lowest BCUT2D eigenvalue weighted by molar-refractivity contribution is 0.856. The molecule has 18 heavy (non-hydrogen) atoms. The van der Waals surface area contributed by atoms with E-state index in [1.807, 2.05) is 0 Å². The minimum atomic E-state index is -0.0468. The second-order valence-corrected chi connectivity index (χ2v) is 5.22. The van der Waals surface area contributed by atoms with Gasteiger partial charge in [-0.15, -0.1) is 0 Å². The second-order valence-electron chi connectivity index (χ2n) is 5.22. The first-order valence-electron chi connectivity index (χ1n) is 6.84. The Morgan fingerprint density at radius 2 is 2.33 bits per heavy atom. The van der Waals surface area contributed by atoms with Crippen LogP contribution >= 0.6 is 0 Å². The lowest BCUT2D eigenvalue weighted by Gasteiger charge is -2.07. The molecular weight excluding hydrogens is 226 g/mol. The molecule has 0 aromatic carbocycles. The third-order valence-electron chi connectivity index (χ3n) is 3.61. The Morgan fingerprint density at radius 1 is 1.44 bits per heavy atom. The van der Waals surface area contributed by atoms with Crippen molar-refractivity contribution in [1.82, 2.24) is 9.97 Å². The van der Waals surface area contributed by atoms with Crippen molar-refractivity contribution in [2.75, 3.05) is 11.9 Å². The van der Waals surface area contributed by atoms with Gasteiger partial charge in [-0.1, -0.05) is 11.6 Å². The molecule has 1 heterocycles. The van der Waals surface area contributed by atoms with Crippen LogP contribution in [0.3, 0.4) is 0 Å². The summed E-state index contributed by atoms with van der Waals surface area (Å²) >= 11 is 0. The van der Waals surface area contributed by atoms with Gasteiger partial charge in [0.25, 0.3) is 5.56 Å². The SMILES string of the molecule is O=c1cc(NCCC2=CCCC2)nc(C2CC2)[nH]1. The highest BCUT2D eigenvalue weighted by Gasteiger charge is 2.26. The number of H-pyrrole nitrogens is 1. The monoisotopic (exact) mass is 245 g/mol. The molecule has 2 N–H and O–H groups in total. The van der Waals surface area contributed by atoms with E-state index in [2.05, 4.69) is 21.4 Å². The maximum absolute atomic E-state index is 11.5. The number of hydrogen-bond donors (Lipinski definition) is 2. The zero-order chi connectivity index (χ0) is 12.4. The standard InChI is InChI=1S/C14H19N3O/c18-13-9-12(16-14(17-13)11-5-6-11)15-8-7-10-3-1-2-4-10/h3,9,11H,1-2,4-8H2,(H2,15,16,17,18). The molecule has 4 heteroatoms. The van der Waals surface area contributed by atoms with Gasteiger partial charge < -0.3 is 10.3 Å². The van der Waals surface area contributed by atoms with Gasteiger partial charge in [-0.3, -0.25) is 4.79 Å². The molecule has 1 aromatic heterocycles. The van der Waals surface area contributed by atoms with E-state index in [0.717, 1.165) is 37.4 Å². The van der Waals surface area contributed by atoms with Crippen molar-refractivity contribution in [2.45, 2.75) is 44.4 Å². The number of aromatic nitrogens is 2. The lowest BCUT2D eigenvalue weighted by atomic mass is 10.2. The molecule has 1 aromatic rings. The van der Waals surface area contributed by atoms with Crippen LogP contribution in [-0.2, 0) is 0 Å². The summed E-state index contributed by atoms with van der Waals surface area (Å²) in [4.78, 5) is 18.8. The molecule has 1 saturated carbocycles. The van der Waals surface area contributed by atoms with Gasteiger partial charge in [0.05, 0.1) is 0 Å². The number of rotatable bonds is 5. The van der Waals surface area contributed by atoms with Crippen molar-refractivity contribution in [3.05, 3.63) is 33.9 Å². The Labute approximate surface area is 107 Å². The van der Waals surface area contributed by atoms with Gasteiger partial charge in [0.2, 0.25) is 0 Å². The summed E-state index contributed by atoms with van der Waals surface area (Å²) in [5.41, 5.74) is 1.49. The number of allylic oxidation sites excluding steroid dienone is 1. The number of nitrogens with one attached hydrogen (secondary N) is 2. The first-order chi connectivity index (χ1) is 8.81. The number of nitrogens with zero attached hydrogens (tertiary/aromatic N) is 1. The first-order valence-corrected chi connectivity index (χ1v) is 6.84. The van der Waals surface area contributed by atoms with E-state index in [-0.39, 0.29) is 5.56 Å². The van der Waals surface area contributed by atoms with Crippen LogP contribution in [0.15, 0.2) is 22.5 Å². The molecule has 0 aliphatic heterocycles. The van der Waals surface area contributed by atoms with E-state index in [0.29, 0.717) is 5.92 Å². The molecule has 0 bridgehead atoms. The molecule has 2 aliphatic rings. The van der Waals surface area contributed by atoms with Gasteiger partial charge in [-0.05, 0) is 38.5 Å². The third-order valence-corrected chi connectivity index (χ3v) is 3.61. The van der Waals surface area contributed by atoms with Crippen molar-refractivity contribution in [1.29, 1.82) is 0 Å². The topological polar surface area (TPSA) is 57.8 Å². The molecule has 1 fully saturated rings. The van der Waals surface area contributed by atoms with E-state index < -0.39 is 0 Å². The fourth-order valence-electron chi connectivity index (χ4n) is 2.43. The van der Waals surface area contributed by atoms with E-state index in [1.165, 1.54) is 24.8 Å². The summed E-state index contributed by atoms with van der Waals surface area (Å²) in [6, 6.07) is 1.55. The lowest BCUT2D eigenvalue weighted by Crippen LogP contribution is -2.14. The van der Waals surface area contributed by atoms with Crippen LogP contribution in [0.1, 0.15) is 50.3 Å². The Kier molecular flexibility index (Phi) is 3.17. The van der Waals surface area contributed by atoms with Crippen LogP contribution in [0, 0.1) is 0 Å². The van der Waals surface area contributed by atoms with E-state index in [4.69, 9.17) is 0 Å². The fraction of sp³-hybridized carbons (Fsp3) is 0.571. The summed E-state index contributed by atoms with van der Waals surface area (Å²) in [7, 11) is 0. The normalized spacial score (nSPS) is 18.8. The fourth-order valence-corrected chi connectivity index (χ4v) is 2.43. The quantitative estimate of drug-likeness (QED) is 0.784. The summed E-state index contributed by atoms with van der Waals surface area (Å²) in [5, 5.41) is 3.26. The average molecular weight is 245 g/mol. The maximum Gasteiger partial charge on any atom is 0.252 e. The third kappa shape index (κ3) is 2.81. The van der Waals surface area contributed by atoms with Crippen LogP contribution in [0.5, 0.6) is 0 Å². The molecular formula is C14H19N3O. The van der Waals surface area contributed by atoms with Gasteiger partial charge in [-0.25, -0.2) is 4.98 Å². The molecule has 0 amide bonds. The summed E-state index contributed by atoms with van der Waals surface area (Å²) in [6.07, 6.45) is 9.46. The highest BCUT2D eigenvalue weighted by molar-refractivity contribution is 5.34. The van der Waals surface area contributed by atoms with Crippen LogP contribution in [0.4, 0.5) is 5.82 Å². The molecule has 3 rings (SSSR count). The van der Waals surface area contributed by atoms with Gasteiger partial charge in [0, 0.05) is 18.5 Å². The molecule has 0 radical (unpaired) electrons. The molecule has 0 atom stereocenters. The van der Waals surface area contributed by atoms with E-state index >= 15 is 0 Å². The second kappa shape index (κ2) is 4.96. The minimum absolute atomic E-state index is 0.0468. The van der Waals surface area contributed by atoms with Gasteiger partial charge in [0.15, 0.2) is 0 Å². The Bertz CT molecular complexity index is 514. The van der Waals surface area contributed by atoms with Crippen molar-refractivity contribution < 1.29 is 0 Å². The molecule has 0 spiro atoms. The predicted octanol–water partition coefficient (Wildman–Crippen LogP) is 2.56. The molecule has 96 valence electrons. The molecule has 2 aliphatic carbocycles. The van der Waals surface area contributed by atoms with Crippen molar-refractivity contribution in [3.8, 4) is 0 Å². The Hall–Kier alpha value is -1.58. The van der Waals surface area contributed by atoms with Gasteiger partial charge in [-0.2, -0.15) is 0 Å². The van der Waals surface area contributed by atoms with Crippen LogP contribution < -0.4 is 10.9 Å². The maximum atomic E-state index is 11.5. The van der Waals surface area contributed by atoms with Crippen LogP contribution in [-0.4, -0.2) is 16.5 Å². The number of hydrogen-bond acceptors (Lipinski definition) is 3. The Balaban J connectivity index is 1.59. The summed E-state index contributed by atoms with van der Waals surface area (Å²) < 4.78 is 0. The van der Waals surface area contributed by atoms with Crippen molar-refractivity contribution >= 4 is 5.82 Å². The van der Waals surface area contributed by atoms with Gasteiger partial charge in [0.1, 0.15) is 11.6 Å². The van der Waals surface area contributed by atoms with Crippen LogP contribution in [0.2, 0.25) is 0 Å². The number of anilines is 1.